The Bertz CT molecular complexity index is 851. The summed E-state index contributed by atoms with van der Waals surface area (Å²) in [6.07, 6.45) is 2.56. The van der Waals surface area contributed by atoms with Crippen molar-refractivity contribution < 1.29 is 26.3 Å². The highest BCUT2D eigenvalue weighted by Gasteiger charge is 2.35. The van der Waals surface area contributed by atoms with Crippen molar-refractivity contribution in [2.45, 2.75) is 75.8 Å². The zero-order valence-corrected chi connectivity index (χ0v) is 18.4. The van der Waals surface area contributed by atoms with Crippen molar-refractivity contribution in [3.63, 3.8) is 0 Å². The van der Waals surface area contributed by atoms with E-state index in [9.17, 15) is 26.3 Å². The summed E-state index contributed by atoms with van der Waals surface area (Å²) >= 11 is 5.20. The molecule has 0 radical (unpaired) electrons. The fourth-order valence-corrected chi connectivity index (χ4v) is 3.42. The van der Waals surface area contributed by atoms with Gasteiger partial charge in [-0.1, -0.05) is 37.3 Å². The minimum absolute atomic E-state index is 0.215. The first-order valence-electron chi connectivity index (χ1n) is 10.4. The van der Waals surface area contributed by atoms with E-state index in [0.717, 1.165) is 38.1 Å². The summed E-state index contributed by atoms with van der Waals surface area (Å²) < 4.78 is 72.3. The highest BCUT2D eigenvalue weighted by atomic mass is 35.5. The number of rotatable bonds is 2. The van der Waals surface area contributed by atoms with Crippen LogP contribution in [0.1, 0.15) is 63.0 Å². The van der Waals surface area contributed by atoms with Crippen LogP contribution in [0.2, 0.25) is 5.15 Å². The zero-order chi connectivity index (χ0) is 24.5. The summed E-state index contributed by atoms with van der Waals surface area (Å²) in [5, 5.41) is 2.79. The number of nitrogens with zero attached hydrogens (tertiary/aromatic N) is 4. The average molecular weight is 499 g/mol. The fraction of sp³-hybridized carbons (Fsp3) is 0.600. The Morgan fingerprint density at radius 1 is 0.788 bits per heavy atom. The van der Waals surface area contributed by atoms with Crippen LogP contribution >= 0.6 is 11.6 Å². The third-order valence-corrected chi connectivity index (χ3v) is 5.10. The Labute approximate surface area is 192 Å². The van der Waals surface area contributed by atoms with Crippen molar-refractivity contribution in [2.24, 2.45) is 5.73 Å². The minimum atomic E-state index is -4.52. The predicted molar refractivity (Wildman–Crippen MR) is 111 cm³/mol. The van der Waals surface area contributed by atoms with Gasteiger partial charge in [-0.2, -0.15) is 26.3 Å². The van der Waals surface area contributed by atoms with E-state index >= 15 is 0 Å². The molecule has 13 heteroatoms. The largest absolute Gasteiger partial charge is 0.451 e. The lowest BCUT2D eigenvalue weighted by atomic mass is 10.2. The van der Waals surface area contributed by atoms with Gasteiger partial charge in [0.1, 0.15) is 11.0 Å². The van der Waals surface area contributed by atoms with Crippen LogP contribution < -0.4 is 11.1 Å². The molecule has 33 heavy (non-hydrogen) atoms. The van der Waals surface area contributed by atoms with Crippen molar-refractivity contribution in [3.8, 4) is 0 Å². The van der Waals surface area contributed by atoms with Gasteiger partial charge in [-0.3, -0.25) is 0 Å². The van der Waals surface area contributed by atoms with Gasteiger partial charge >= 0.3 is 12.4 Å². The number of nitrogens with two attached hydrogens (primary N) is 1. The maximum atomic E-state index is 12.3. The molecule has 0 spiro atoms. The first-order chi connectivity index (χ1) is 15.4. The van der Waals surface area contributed by atoms with E-state index in [2.05, 4.69) is 25.3 Å². The normalized spacial score (nSPS) is 17.1. The van der Waals surface area contributed by atoms with Crippen LogP contribution in [-0.2, 0) is 12.4 Å². The quantitative estimate of drug-likeness (QED) is 0.396. The third-order valence-electron chi connectivity index (χ3n) is 4.89. The number of nitrogens with one attached hydrogen (secondary N) is 1. The molecule has 2 heterocycles. The van der Waals surface area contributed by atoms with Crippen LogP contribution in [0.15, 0.2) is 24.5 Å². The van der Waals surface area contributed by atoms with Crippen LogP contribution in [0.4, 0.5) is 32.2 Å². The summed E-state index contributed by atoms with van der Waals surface area (Å²) in [5.74, 6) is -2.05. The Hall–Kier alpha value is -2.21. The minimum Gasteiger partial charge on any atom is -0.367 e. The van der Waals surface area contributed by atoms with E-state index in [1.54, 1.807) is 0 Å². The Balaban J connectivity index is 0.000000195. The van der Waals surface area contributed by atoms with E-state index in [0.29, 0.717) is 6.04 Å². The molecule has 3 N–H and O–H groups in total. The third kappa shape index (κ3) is 10.1. The fourth-order valence-electron chi connectivity index (χ4n) is 3.29. The number of hydrogen-bond acceptors (Lipinski definition) is 6. The Morgan fingerprint density at radius 3 is 1.70 bits per heavy atom. The molecule has 6 nitrogen and oxygen atoms in total. The van der Waals surface area contributed by atoms with Gasteiger partial charge < -0.3 is 11.1 Å². The van der Waals surface area contributed by atoms with E-state index in [4.69, 9.17) is 17.3 Å². The molecule has 0 aliphatic heterocycles. The molecule has 0 unspecified atom stereocenters. The number of halogens is 7. The van der Waals surface area contributed by atoms with Gasteiger partial charge in [-0.05, 0) is 37.8 Å². The topological polar surface area (TPSA) is 89.6 Å². The molecule has 2 aromatic rings. The molecule has 0 aromatic carbocycles. The first kappa shape index (κ1) is 27.0. The van der Waals surface area contributed by atoms with E-state index in [-0.39, 0.29) is 17.0 Å². The van der Waals surface area contributed by atoms with E-state index in [1.807, 2.05) is 0 Å². The molecule has 4 rings (SSSR count). The number of anilines is 1. The van der Waals surface area contributed by atoms with Crippen molar-refractivity contribution in [3.05, 3.63) is 41.3 Å². The van der Waals surface area contributed by atoms with Crippen LogP contribution in [0, 0.1) is 0 Å². The second-order valence-corrected chi connectivity index (χ2v) is 8.02. The van der Waals surface area contributed by atoms with Crippen molar-refractivity contribution in [1.29, 1.82) is 0 Å². The Morgan fingerprint density at radius 2 is 1.27 bits per heavy atom. The molecule has 184 valence electrons. The average Bonchev–Trinajstić information content (AvgIpc) is 3.42. The summed E-state index contributed by atoms with van der Waals surface area (Å²) in [7, 11) is 0. The lowest BCUT2D eigenvalue weighted by Crippen LogP contribution is -2.18. The maximum absolute atomic E-state index is 12.3. The molecule has 2 aliphatic rings. The van der Waals surface area contributed by atoms with E-state index < -0.39 is 24.0 Å². The van der Waals surface area contributed by atoms with Crippen molar-refractivity contribution in [2.75, 3.05) is 5.32 Å². The van der Waals surface area contributed by atoms with Gasteiger partial charge in [0, 0.05) is 24.5 Å². The molecule has 0 saturated heterocycles. The lowest BCUT2D eigenvalue weighted by Gasteiger charge is -2.13. The van der Waals surface area contributed by atoms with Crippen LogP contribution in [0.5, 0.6) is 0 Å². The number of hydrogen-bond donors (Lipinski definition) is 2. The van der Waals surface area contributed by atoms with Crippen molar-refractivity contribution >= 4 is 17.4 Å². The second kappa shape index (κ2) is 12.3. The maximum Gasteiger partial charge on any atom is 0.451 e. The van der Waals surface area contributed by atoms with Gasteiger partial charge in [0.2, 0.25) is 11.6 Å². The monoisotopic (exact) mass is 498 g/mol. The SMILES string of the molecule is FC(F)(F)c1nccc(Cl)n1.FC(F)(F)c1nccc(NC2CCCC2)n1.NC1CCCC1. The van der Waals surface area contributed by atoms with Crippen LogP contribution in [-0.4, -0.2) is 32.0 Å². The van der Waals surface area contributed by atoms with Gasteiger partial charge in [0.15, 0.2) is 0 Å². The molecule has 2 fully saturated rings. The molecular weight excluding hydrogens is 474 g/mol. The summed E-state index contributed by atoms with van der Waals surface area (Å²) in [5.41, 5.74) is 5.53. The molecular formula is C20H25ClF6N6. The predicted octanol–water partition coefficient (Wildman–Crippen LogP) is 5.89. The second-order valence-electron chi connectivity index (χ2n) is 7.63. The van der Waals surface area contributed by atoms with Crippen LogP contribution in [0.3, 0.4) is 0 Å². The summed E-state index contributed by atoms with van der Waals surface area (Å²) in [6, 6.07) is 3.44. The smallest absolute Gasteiger partial charge is 0.367 e. The zero-order valence-electron chi connectivity index (χ0n) is 17.6. The molecule has 2 saturated carbocycles. The number of aromatic nitrogens is 4. The first-order valence-corrected chi connectivity index (χ1v) is 10.8. The molecule has 0 atom stereocenters. The van der Waals surface area contributed by atoms with Gasteiger partial charge in [0.05, 0.1) is 0 Å². The summed E-state index contributed by atoms with van der Waals surface area (Å²) in [4.78, 5) is 12.6. The van der Waals surface area contributed by atoms with Crippen LogP contribution in [0.25, 0.3) is 0 Å². The van der Waals surface area contributed by atoms with Gasteiger partial charge in [-0.15, -0.1) is 0 Å². The highest BCUT2D eigenvalue weighted by molar-refractivity contribution is 6.29. The van der Waals surface area contributed by atoms with Gasteiger partial charge in [-0.25, -0.2) is 19.9 Å². The lowest BCUT2D eigenvalue weighted by molar-refractivity contribution is -0.145. The summed E-state index contributed by atoms with van der Waals surface area (Å²) in [6.45, 7) is 0. The van der Waals surface area contributed by atoms with Gasteiger partial charge in [0.25, 0.3) is 0 Å². The van der Waals surface area contributed by atoms with E-state index in [1.165, 1.54) is 37.8 Å². The van der Waals surface area contributed by atoms with Crippen molar-refractivity contribution in [1.82, 2.24) is 19.9 Å². The molecule has 0 bridgehead atoms. The highest BCUT2D eigenvalue weighted by Crippen LogP contribution is 2.28. The molecule has 2 aromatic heterocycles. The molecule has 2 aliphatic carbocycles. The number of alkyl halides is 6. The Kier molecular flexibility index (Phi) is 10.1. The standard InChI is InChI=1S/C10H12F3N3.C5H2ClF3N2.C5H11N/c11-10(12,13)9-14-6-5-8(16-9)15-7-3-1-2-4-7;6-3-1-2-10-4(11-3)5(7,8)9;6-5-3-1-2-4-5/h5-7H,1-4H2,(H,14,15,16);1-2H;5H,1-4,6H2. The molecule has 0 amide bonds.